The summed E-state index contributed by atoms with van der Waals surface area (Å²) >= 11 is 0. The fourth-order valence-corrected chi connectivity index (χ4v) is 3.68. The molecule has 0 aromatic heterocycles. The Hall–Kier alpha value is -3.99. The van der Waals surface area contributed by atoms with Gasteiger partial charge in [0, 0.05) is 23.4 Å². The lowest BCUT2D eigenvalue weighted by Gasteiger charge is -2.14. The van der Waals surface area contributed by atoms with Gasteiger partial charge >= 0.3 is 0 Å². The number of halogens is 1. The number of nitro benzene ring substituents is 1. The zero-order valence-electron chi connectivity index (χ0n) is 16.0. The van der Waals surface area contributed by atoms with Crippen LogP contribution in [0.25, 0.3) is 0 Å². The van der Waals surface area contributed by atoms with Crippen LogP contribution in [0.15, 0.2) is 71.6 Å². The summed E-state index contributed by atoms with van der Waals surface area (Å²) in [5, 5.41) is 13.3. The lowest BCUT2D eigenvalue weighted by molar-refractivity contribution is -0.384. The third kappa shape index (κ3) is 5.14. The topological polar surface area (TPSA) is 128 Å². The van der Waals surface area contributed by atoms with E-state index in [-0.39, 0.29) is 33.3 Å². The number of benzene rings is 3. The number of rotatable bonds is 7. The van der Waals surface area contributed by atoms with Crippen molar-refractivity contribution in [1.82, 2.24) is 0 Å². The summed E-state index contributed by atoms with van der Waals surface area (Å²) in [4.78, 5) is 22.4. The van der Waals surface area contributed by atoms with E-state index in [4.69, 9.17) is 4.74 Å². The Bertz CT molecular complexity index is 1230. The van der Waals surface area contributed by atoms with Gasteiger partial charge in [0.2, 0.25) is 0 Å². The molecule has 9 nitrogen and oxygen atoms in total. The van der Waals surface area contributed by atoms with Gasteiger partial charge in [-0.3, -0.25) is 19.6 Å². The first-order valence-electron chi connectivity index (χ1n) is 8.72. The standard InChI is InChI=1S/C20H16FN3O6S/c1-30-19-11-6-15(22-20(25)13-2-7-16(8-3-13)24(26)27)12-18(19)23-31(28,29)17-9-4-14(21)5-10-17/h2-12,23H,1H3,(H,22,25). The van der Waals surface area contributed by atoms with E-state index in [0.29, 0.717) is 0 Å². The monoisotopic (exact) mass is 445 g/mol. The summed E-state index contributed by atoms with van der Waals surface area (Å²) in [6, 6.07) is 13.6. The van der Waals surface area contributed by atoms with Gasteiger partial charge in [-0.15, -0.1) is 0 Å². The highest BCUT2D eigenvalue weighted by molar-refractivity contribution is 7.92. The number of methoxy groups -OCH3 is 1. The van der Waals surface area contributed by atoms with Crippen LogP contribution in [0.5, 0.6) is 5.75 Å². The van der Waals surface area contributed by atoms with Crippen LogP contribution in [0.1, 0.15) is 10.4 Å². The molecule has 2 N–H and O–H groups in total. The van der Waals surface area contributed by atoms with Crippen LogP contribution in [0.3, 0.4) is 0 Å². The highest BCUT2D eigenvalue weighted by Gasteiger charge is 2.18. The van der Waals surface area contributed by atoms with Gasteiger partial charge in [0.25, 0.3) is 21.6 Å². The molecule has 0 aliphatic heterocycles. The number of non-ortho nitro benzene ring substituents is 1. The Morgan fingerprint density at radius 1 is 1.03 bits per heavy atom. The van der Waals surface area contributed by atoms with Gasteiger partial charge in [0.05, 0.1) is 22.6 Å². The first-order valence-corrected chi connectivity index (χ1v) is 10.2. The lowest BCUT2D eigenvalue weighted by Crippen LogP contribution is -2.15. The van der Waals surface area contributed by atoms with Crippen molar-refractivity contribution in [2.45, 2.75) is 4.90 Å². The SMILES string of the molecule is COc1ccc(NC(=O)c2ccc([N+](=O)[O-])cc2)cc1NS(=O)(=O)c1ccc(F)cc1. The van der Waals surface area contributed by atoms with E-state index >= 15 is 0 Å². The number of ether oxygens (including phenoxy) is 1. The molecule has 1 amide bonds. The second-order valence-corrected chi connectivity index (χ2v) is 7.91. The van der Waals surface area contributed by atoms with Crippen molar-refractivity contribution < 1.29 is 27.3 Å². The van der Waals surface area contributed by atoms with Crippen LogP contribution in [0.2, 0.25) is 0 Å². The van der Waals surface area contributed by atoms with Gasteiger partial charge in [0.1, 0.15) is 11.6 Å². The Kier molecular flexibility index (Phi) is 6.16. The number of nitro groups is 1. The summed E-state index contributed by atoms with van der Waals surface area (Å²) in [6.45, 7) is 0. The van der Waals surface area contributed by atoms with Gasteiger partial charge < -0.3 is 10.1 Å². The largest absolute Gasteiger partial charge is 0.495 e. The summed E-state index contributed by atoms with van der Waals surface area (Å²) in [7, 11) is -2.70. The van der Waals surface area contributed by atoms with Gasteiger partial charge in [0.15, 0.2) is 0 Å². The van der Waals surface area contributed by atoms with Gasteiger partial charge in [-0.05, 0) is 54.6 Å². The predicted molar refractivity (Wildman–Crippen MR) is 111 cm³/mol. The maximum absolute atomic E-state index is 13.1. The molecule has 11 heteroatoms. The average molecular weight is 445 g/mol. The third-order valence-electron chi connectivity index (χ3n) is 4.17. The van der Waals surface area contributed by atoms with E-state index in [1.54, 1.807) is 0 Å². The molecule has 0 aliphatic carbocycles. The number of hydrogen-bond donors (Lipinski definition) is 2. The number of anilines is 2. The summed E-state index contributed by atoms with van der Waals surface area (Å²) in [5.41, 5.74) is 0.322. The fraction of sp³-hybridized carbons (Fsp3) is 0.0500. The van der Waals surface area contributed by atoms with Crippen molar-refractivity contribution in [2.75, 3.05) is 17.1 Å². The highest BCUT2D eigenvalue weighted by Crippen LogP contribution is 2.30. The summed E-state index contributed by atoms with van der Waals surface area (Å²) in [5.74, 6) is -0.932. The smallest absolute Gasteiger partial charge is 0.269 e. The molecule has 160 valence electrons. The molecule has 0 bridgehead atoms. The highest BCUT2D eigenvalue weighted by atomic mass is 32.2. The molecular weight excluding hydrogens is 429 g/mol. The molecule has 0 atom stereocenters. The molecule has 0 unspecified atom stereocenters. The molecule has 31 heavy (non-hydrogen) atoms. The Balaban J connectivity index is 1.83. The van der Waals surface area contributed by atoms with Crippen molar-refractivity contribution in [2.24, 2.45) is 0 Å². The zero-order valence-corrected chi connectivity index (χ0v) is 16.9. The second-order valence-electron chi connectivity index (χ2n) is 6.23. The van der Waals surface area contributed by atoms with Crippen molar-refractivity contribution in [3.63, 3.8) is 0 Å². The van der Waals surface area contributed by atoms with Gasteiger partial charge in [-0.25, -0.2) is 12.8 Å². The van der Waals surface area contributed by atoms with E-state index in [1.807, 2.05) is 0 Å². The van der Waals surface area contributed by atoms with Crippen LogP contribution in [0.4, 0.5) is 21.5 Å². The number of nitrogens with zero attached hydrogens (tertiary/aromatic N) is 1. The molecular formula is C20H16FN3O6S. The molecule has 0 saturated heterocycles. The molecule has 0 fully saturated rings. The Morgan fingerprint density at radius 2 is 1.68 bits per heavy atom. The van der Waals surface area contributed by atoms with Gasteiger partial charge in [-0.1, -0.05) is 0 Å². The quantitative estimate of drug-likeness (QED) is 0.421. The van der Waals surface area contributed by atoms with E-state index in [9.17, 15) is 27.7 Å². The van der Waals surface area contributed by atoms with Gasteiger partial charge in [-0.2, -0.15) is 0 Å². The van der Waals surface area contributed by atoms with Crippen molar-refractivity contribution in [1.29, 1.82) is 0 Å². The van der Waals surface area contributed by atoms with E-state index in [1.165, 1.54) is 49.6 Å². The first-order chi connectivity index (χ1) is 14.7. The van der Waals surface area contributed by atoms with Crippen molar-refractivity contribution >= 4 is 33.0 Å². The molecule has 0 aliphatic rings. The van der Waals surface area contributed by atoms with E-state index in [2.05, 4.69) is 10.0 Å². The van der Waals surface area contributed by atoms with Crippen LogP contribution >= 0.6 is 0 Å². The van der Waals surface area contributed by atoms with Crippen LogP contribution in [0, 0.1) is 15.9 Å². The van der Waals surface area contributed by atoms with E-state index < -0.39 is 26.7 Å². The summed E-state index contributed by atoms with van der Waals surface area (Å²) in [6.07, 6.45) is 0. The normalized spacial score (nSPS) is 10.9. The fourth-order valence-electron chi connectivity index (χ4n) is 2.62. The minimum atomic E-state index is -4.05. The summed E-state index contributed by atoms with van der Waals surface area (Å²) < 4.78 is 45.8. The van der Waals surface area contributed by atoms with E-state index in [0.717, 1.165) is 24.3 Å². The first kappa shape index (κ1) is 21.7. The van der Waals surface area contributed by atoms with Crippen molar-refractivity contribution in [3.05, 3.63) is 88.2 Å². The maximum Gasteiger partial charge on any atom is 0.269 e. The molecule has 0 radical (unpaired) electrons. The molecule has 3 rings (SSSR count). The van der Waals surface area contributed by atoms with Crippen molar-refractivity contribution in [3.8, 4) is 5.75 Å². The minimum absolute atomic E-state index is 0.0494. The maximum atomic E-state index is 13.1. The predicted octanol–water partition coefficient (Wildman–Crippen LogP) is 3.80. The molecule has 0 heterocycles. The number of amides is 1. The number of sulfonamides is 1. The number of hydrogen-bond acceptors (Lipinski definition) is 6. The number of carbonyl (C=O) groups excluding carboxylic acids is 1. The third-order valence-corrected chi connectivity index (χ3v) is 5.55. The molecule has 3 aromatic rings. The second kappa shape index (κ2) is 8.79. The lowest BCUT2D eigenvalue weighted by atomic mass is 10.2. The molecule has 0 spiro atoms. The van der Waals surface area contributed by atoms with Crippen LogP contribution < -0.4 is 14.8 Å². The number of nitrogens with one attached hydrogen (secondary N) is 2. The Morgan fingerprint density at radius 3 is 2.26 bits per heavy atom. The minimum Gasteiger partial charge on any atom is -0.495 e. The number of carbonyl (C=O) groups is 1. The average Bonchev–Trinajstić information content (AvgIpc) is 2.74. The molecule has 3 aromatic carbocycles. The van der Waals surface area contributed by atoms with Crippen LogP contribution in [-0.2, 0) is 10.0 Å². The molecule has 0 saturated carbocycles. The Labute approximate surface area is 176 Å². The zero-order chi connectivity index (χ0) is 22.6. The van der Waals surface area contributed by atoms with Crippen LogP contribution in [-0.4, -0.2) is 26.4 Å².